The summed E-state index contributed by atoms with van der Waals surface area (Å²) in [6, 6.07) is 9.55. The number of aromatic amines is 1. The normalized spacial score (nSPS) is 19.0. The number of alkyl halides is 1. The number of hydrogen-bond donors (Lipinski definition) is 3. The van der Waals surface area contributed by atoms with Crippen LogP contribution in [0.25, 0.3) is 44.0 Å². The molecule has 6 heterocycles. The zero-order valence-electron chi connectivity index (χ0n) is 26.9. The van der Waals surface area contributed by atoms with E-state index in [1.54, 1.807) is 20.0 Å². The Morgan fingerprint density at radius 1 is 1.24 bits per heavy atom. The van der Waals surface area contributed by atoms with Gasteiger partial charge in [0.1, 0.15) is 47.0 Å². The van der Waals surface area contributed by atoms with Gasteiger partial charge < -0.3 is 24.6 Å². The van der Waals surface area contributed by atoms with E-state index in [-0.39, 0.29) is 58.5 Å². The van der Waals surface area contributed by atoms with Crippen molar-refractivity contribution in [2.75, 3.05) is 25.0 Å². The van der Waals surface area contributed by atoms with Crippen LogP contribution in [-0.2, 0) is 6.54 Å². The average Bonchev–Trinajstić information content (AvgIpc) is 3.77. The minimum Gasteiger partial charge on any atom is -0.508 e. The van der Waals surface area contributed by atoms with Crippen molar-refractivity contribution in [2.24, 2.45) is 0 Å². The molecule has 2 aliphatic heterocycles. The molecule has 2 saturated heterocycles. The second-order valence-electron chi connectivity index (χ2n) is 12.7. The number of nitrogens with zero attached hydrogens (tertiary/aromatic N) is 4. The van der Waals surface area contributed by atoms with Gasteiger partial charge in [0, 0.05) is 53.8 Å². The van der Waals surface area contributed by atoms with E-state index in [4.69, 9.17) is 14.1 Å². The van der Waals surface area contributed by atoms with Crippen molar-refractivity contribution >= 4 is 38.5 Å². The van der Waals surface area contributed by atoms with E-state index >= 15 is 4.39 Å². The summed E-state index contributed by atoms with van der Waals surface area (Å²) < 4.78 is 41.9. The van der Waals surface area contributed by atoms with Gasteiger partial charge in [-0.05, 0) is 74.5 Å². The fraction of sp³-hybridized carbons (Fsp3) is 0.297. The number of rotatable bonds is 7. The van der Waals surface area contributed by atoms with Gasteiger partial charge in [-0.3, -0.25) is 4.90 Å². The molecule has 2 fully saturated rings. The topological polar surface area (TPSA) is 129 Å². The van der Waals surface area contributed by atoms with E-state index in [0.717, 1.165) is 36.0 Å². The monoisotopic (exact) mass is 662 g/mol. The van der Waals surface area contributed by atoms with Gasteiger partial charge >= 0.3 is 11.6 Å². The van der Waals surface area contributed by atoms with E-state index in [0.29, 0.717) is 29.3 Å². The number of phenolic OH excluding ortho intramolecular Hbond substituents is 1. The molecule has 2 aromatic carbocycles. The molecule has 4 aromatic heterocycles. The number of hydrogen-bond acceptors (Lipinski definition) is 9. The van der Waals surface area contributed by atoms with Gasteiger partial charge in [-0.2, -0.15) is 9.97 Å². The van der Waals surface area contributed by atoms with E-state index in [1.165, 1.54) is 24.3 Å². The summed E-state index contributed by atoms with van der Waals surface area (Å²) in [7, 11) is 0. The number of benzene rings is 2. The van der Waals surface area contributed by atoms with Crippen LogP contribution in [0.1, 0.15) is 42.9 Å². The highest BCUT2D eigenvalue weighted by Gasteiger charge is 2.49. The molecular weight excluding hydrogens is 630 g/mol. The largest absolute Gasteiger partial charge is 0.508 e. The van der Waals surface area contributed by atoms with Gasteiger partial charge in [0.2, 0.25) is 0 Å². The molecule has 49 heavy (non-hydrogen) atoms. The van der Waals surface area contributed by atoms with Crippen molar-refractivity contribution < 1.29 is 23.0 Å². The van der Waals surface area contributed by atoms with E-state index < -0.39 is 23.2 Å². The highest BCUT2D eigenvalue weighted by atomic mass is 19.1. The maximum Gasteiger partial charge on any atom is 0.349 e. The lowest BCUT2D eigenvalue weighted by Crippen LogP contribution is -2.43. The number of pyridine rings is 1. The number of halogens is 2. The zero-order valence-corrected chi connectivity index (χ0v) is 26.9. The quantitative estimate of drug-likeness (QED) is 0.167. The Bertz CT molecular complexity index is 2410. The van der Waals surface area contributed by atoms with Crippen LogP contribution in [0.5, 0.6) is 11.8 Å². The summed E-state index contributed by atoms with van der Waals surface area (Å²) in [4.78, 5) is 32.9. The van der Waals surface area contributed by atoms with Crippen LogP contribution in [0.15, 0.2) is 58.0 Å². The van der Waals surface area contributed by atoms with Gasteiger partial charge in [-0.25, -0.2) is 18.6 Å². The Labute approximate surface area is 279 Å². The molecule has 0 spiro atoms. The van der Waals surface area contributed by atoms with E-state index in [1.807, 2.05) is 18.3 Å². The first-order chi connectivity index (χ1) is 23.7. The third-order valence-electron chi connectivity index (χ3n) is 9.74. The number of aryl methyl sites for hydroxylation is 1. The van der Waals surface area contributed by atoms with Crippen LogP contribution >= 0.6 is 0 Å². The molecule has 10 nitrogen and oxygen atoms in total. The zero-order chi connectivity index (χ0) is 33.9. The molecule has 0 unspecified atom stereocenters. The van der Waals surface area contributed by atoms with Crippen molar-refractivity contribution in [3.63, 3.8) is 0 Å². The Balaban J connectivity index is 1.28. The van der Waals surface area contributed by atoms with Crippen molar-refractivity contribution in [1.82, 2.24) is 24.8 Å². The lowest BCUT2D eigenvalue weighted by atomic mass is 9.95. The molecule has 6 aromatic rings. The summed E-state index contributed by atoms with van der Waals surface area (Å²) in [5, 5.41) is 15.9. The van der Waals surface area contributed by atoms with Gasteiger partial charge in [0.15, 0.2) is 0 Å². The van der Waals surface area contributed by atoms with Crippen molar-refractivity contribution in [2.45, 2.75) is 51.4 Å². The number of aromatic hydroxyl groups is 1. The molecule has 0 aliphatic carbocycles. The molecule has 3 N–H and O–H groups in total. The summed E-state index contributed by atoms with van der Waals surface area (Å²) in [5.74, 6) is 5.22. The molecule has 0 amide bonds. The highest BCUT2D eigenvalue weighted by molar-refractivity contribution is 6.03. The second-order valence-corrected chi connectivity index (χ2v) is 12.7. The summed E-state index contributed by atoms with van der Waals surface area (Å²) >= 11 is 0. The fourth-order valence-corrected chi connectivity index (χ4v) is 7.52. The Kier molecular flexibility index (Phi) is 7.45. The predicted octanol–water partition coefficient (Wildman–Crippen LogP) is 6.37. The first kappa shape index (κ1) is 30.8. The number of aromatic nitrogens is 4. The molecule has 12 heteroatoms. The number of anilines is 1. The summed E-state index contributed by atoms with van der Waals surface area (Å²) in [6.45, 7) is 4.99. The first-order valence-electron chi connectivity index (χ1n) is 16.2. The van der Waals surface area contributed by atoms with Gasteiger partial charge in [-0.1, -0.05) is 12.0 Å². The summed E-state index contributed by atoms with van der Waals surface area (Å²) in [6.07, 6.45) is 4.73. The molecule has 2 atom stereocenters. The van der Waals surface area contributed by atoms with Crippen LogP contribution in [0.3, 0.4) is 0 Å². The lowest BCUT2D eigenvalue weighted by Gasteiger charge is -2.30. The summed E-state index contributed by atoms with van der Waals surface area (Å²) in [5.41, 5.74) is 1.53. The number of ether oxygens (including phenoxy) is 1. The molecule has 2 aliphatic rings. The third kappa shape index (κ3) is 5.21. The Hall–Kier alpha value is -5.54. The number of fused-ring (bicyclic) bond motifs is 4. The van der Waals surface area contributed by atoms with E-state index in [2.05, 4.69) is 37.0 Å². The van der Waals surface area contributed by atoms with Gasteiger partial charge in [0.05, 0.1) is 16.6 Å². The van der Waals surface area contributed by atoms with E-state index in [9.17, 15) is 14.3 Å². The molecule has 8 rings (SSSR count). The number of H-pyrrole nitrogens is 1. The molecule has 0 saturated carbocycles. The number of nitrogens with one attached hydrogen (secondary N) is 2. The van der Waals surface area contributed by atoms with Crippen LogP contribution in [0, 0.1) is 24.6 Å². The van der Waals surface area contributed by atoms with Gasteiger partial charge in [0.25, 0.3) is 0 Å². The average molecular weight is 663 g/mol. The SMILES string of the molecule is CC#Cc1c(F)ccc2cc(O)cc(-c3oc(=O)c4c(NCc5c[nH]c6ncccc56)nc(OC[C@@]56CCCN5C[C@H](F)C6)nc4c3C)c12. The molecular formula is C37H32F2N6O4. The van der Waals surface area contributed by atoms with Crippen molar-refractivity contribution in [3.05, 3.63) is 81.7 Å². The lowest BCUT2D eigenvalue weighted by molar-refractivity contribution is 0.107. The number of phenols is 1. The van der Waals surface area contributed by atoms with Crippen LogP contribution < -0.4 is 15.7 Å². The second kappa shape index (κ2) is 11.9. The Morgan fingerprint density at radius 3 is 2.98 bits per heavy atom. The highest BCUT2D eigenvalue weighted by Crippen LogP contribution is 2.41. The maximum absolute atomic E-state index is 15.1. The Morgan fingerprint density at radius 2 is 2.12 bits per heavy atom. The van der Waals surface area contributed by atoms with Crippen molar-refractivity contribution in [1.29, 1.82) is 0 Å². The van der Waals surface area contributed by atoms with Crippen LogP contribution in [0.4, 0.5) is 14.6 Å². The maximum atomic E-state index is 15.1. The molecule has 0 radical (unpaired) electrons. The van der Waals surface area contributed by atoms with Crippen molar-refractivity contribution in [3.8, 4) is 34.9 Å². The standard InChI is InChI=1S/C37H32F2N6O4/c1-3-6-26-28(39)9-8-21-13-24(46)14-27(29(21)26)32-20(2)31-30(35(47)49-32)34(42-17-22-16-41-33-25(22)7-4-11-40-33)44-36(43-31)48-19-37-10-5-12-45(37)18-23(38)15-37/h4,7-9,11,13-14,16,23,46H,5,10,12,15,17-19H2,1-2H3,(H,40,41)(H,42,43,44)/t23-,37+/m1/s1. The van der Waals surface area contributed by atoms with Gasteiger partial charge in [-0.15, -0.1) is 5.92 Å². The van der Waals surface area contributed by atoms with Crippen LogP contribution in [-0.4, -0.2) is 61.3 Å². The van der Waals surface area contributed by atoms with Crippen LogP contribution in [0.2, 0.25) is 0 Å². The fourth-order valence-electron chi connectivity index (χ4n) is 7.52. The first-order valence-corrected chi connectivity index (χ1v) is 16.2. The predicted molar refractivity (Wildman–Crippen MR) is 182 cm³/mol. The third-order valence-corrected chi connectivity index (χ3v) is 9.74. The minimum atomic E-state index is -0.928. The smallest absolute Gasteiger partial charge is 0.349 e. The minimum absolute atomic E-state index is 0.0168. The molecule has 248 valence electrons. The molecule has 0 bridgehead atoms.